The molecule has 0 unspecified atom stereocenters. The van der Waals surface area contributed by atoms with E-state index in [1.165, 1.54) is 6.33 Å². The van der Waals surface area contributed by atoms with Crippen LogP contribution in [0.5, 0.6) is 0 Å². The van der Waals surface area contributed by atoms with Crippen LogP contribution >= 0.6 is 11.6 Å². The third-order valence-corrected chi connectivity index (χ3v) is 3.02. The van der Waals surface area contributed by atoms with Crippen molar-refractivity contribution >= 4 is 21.4 Å². The summed E-state index contributed by atoms with van der Waals surface area (Å²) in [4.78, 5) is 3.82. The van der Waals surface area contributed by atoms with E-state index >= 15 is 0 Å². The van der Waals surface area contributed by atoms with Gasteiger partial charge < -0.3 is 4.57 Å². The fourth-order valence-corrected chi connectivity index (χ4v) is 2.32. The molecule has 0 fully saturated rings. The first-order valence-electron chi connectivity index (χ1n) is 3.80. The number of alkyl halides is 1. The highest BCUT2D eigenvalue weighted by atomic mass is 35.5. The lowest BCUT2D eigenvalue weighted by molar-refractivity contribution is 0.597. The van der Waals surface area contributed by atoms with E-state index in [1.807, 2.05) is 6.92 Å². The van der Waals surface area contributed by atoms with Gasteiger partial charge in [0.05, 0.1) is 17.9 Å². The lowest BCUT2D eigenvalue weighted by atomic mass is 10.5. The Morgan fingerprint density at radius 3 is 2.62 bits per heavy atom. The van der Waals surface area contributed by atoms with Gasteiger partial charge in [-0.1, -0.05) is 0 Å². The van der Waals surface area contributed by atoms with Crippen LogP contribution in [-0.2, 0) is 22.3 Å². The van der Waals surface area contributed by atoms with Gasteiger partial charge in [0.1, 0.15) is 0 Å². The molecule has 0 N–H and O–H groups in total. The van der Waals surface area contributed by atoms with E-state index in [-0.39, 0.29) is 10.9 Å². The first kappa shape index (κ1) is 10.5. The van der Waals surface area contributed by atoms with Crippen molar-refractivity contribution in [3.63, 3.8) is 0 Å². The number of imidazole rings is 1. The van der Waals surface area contributed by atoms with Crippen molar-refractivity contribution in [3.8, 4) is 0 Å². The molecule has 0 amide bonds. The quantitative estimate of drug-likeness (QED) is 0.719. The van der Waals surface area contributed by atoms with Crippen LogP contribution in [0.4, 0.5) is 0 Å². The number of nitrogens with zero attached hydrogens (tertiary/aromatic N) is 2. The molecule has 13 heavy (non-hydrogen) atoms. The number of hydrogen-bond donors (Lipinski definition) is 0. The zero-order valence-corrected chi connectivity index (χ0v) is 9.06. The molecule has 0 aliphatic rings. The second-order valence-corrected chi connectivity index (χ2v) is 4.89. The van der Waals surface area contributed by atoms with Crippen LogP contribution in [-0.4, -0.2) is 24.2 Å². The number of aryl methyl sites for hydroxylation is 1. The van der Waals surface area contributed by atoms with Crippen LogP contribution in [0, 0.1) is 0 Å². The zero-order valence-electron chi connectivity index (χ0n) is 7.49. The minimum Gasteiger partial charge on any atom is -0.333 e. The van der Waals surface area contributed by atoms with Gasteiger partial charge in [-0.3, -0.25) is 0 Å². The van der Waals surface area contributed by atoms with Crippen molar-refractivity contribution in [2.45, 2.75) is 24.4 Å². The lowest BCUT2D eigenvalue weighted by Gasteiger charge is -2.02. The molecular formula is C7H11ClN2O2S. The maximum absolute atomic E-state index is 11.2. The summed E-state index contributed by atoms with van der Waals surface area (Å²) in [5.41, 5.74) is 0.562. The molecular weight excluding hydrogens is 212 g/mol. The van der Waals surface area contributed by atoms with Gasteiger partial charge in [-0.15, -0.1) is 11.6 Å². The molecule has 1 heterocycles. The summed E-state index contributed by atoms with van der Waals surface area (Å²) in [5.74, 6) is 0.163. The standard InChI is InChI=1S/C7H11ClN2O2S/c1-3-10-5-9-7(6(10)4-8)13(2,11)12/h5H,3-4H2,1-2H3. The Hall–Kier alpha value is -0.550. The monoisotopic (exact) mass is 222 g/mol. The average Bonchev–Trinajstić information content (AvgIpc) is 2.45. The van der Waals surface area contributed by atoms with Crippen LogP contribution in [0.25, 0.3) is 0 Å². The van der Waals surface area contributed by atoms with Gasteiger partial charge in [-0.05, 0) is 6.92 Å². The maximum atomic E-state index is 11.2. The number of aromatic nitrogens is 2. The van der Waals surface area contributed by atoms with E-state index in [9.17, 15) is 8.42 Å². The minimum absolute atomic E-state index is 0.0874. The number of rotatable bonds is 3. The molecule has 1 rings (SSSR count). The zero-order chi connectivity index (χ0) is 10.1. The van der Waals surface area contributed by atoms with Crippen LogP contribution < -0.4 is 0 Å². The number of sulfone groups is 1. The van der Waals surface area contributed by atoms with Crippen molar-refractivity contribution in [2.75, 3.05) is 6.26 Å². The highest BCUT2D eigenvalue weighted by Gasteiger charge is 2.17. The van der Waals surface area contributed by atoms with E-state index in [4.69, 9.17) is 11.6 Å². The summed E-state index contributed by atoms with van der Waals surface area (Å²) in [6, 6.07) is 0. The second-order valence-electron chi connectivity index (χ2n) is 2.69. The van der Waals surface area contributed by atoms with Crippen LogP contribution in [0.1, 0.15) is 12.6 Å². The third-order valence-electron chi connectivity index (χ3n) is 1.73. The van der Waals surface area contributed by atoms with Gasteiger partial charge in [-0.25, -0.2) is 13.4 Å². The second kappa shape index (κ2) is 3.67. The molecule has 0 atom stereocenters. The molecule has 74 valence electrons. The molecule has 0 aliphatic carbocycles. The third kappa shape index (κ3) is 2.03. The Kier molecular flexibility index (Phi) is 2.98. The molecule has 1 aromatic heterocycles. The van der Waals surface area contributed by atoms with Crippen molar-refractivity contribution in [2.24, 2.45) is 0 Å². The molecule has 0 aliphatic heterocycles. The summed E-state index contributed by atoms with van der Waals surface area (Å²) in [5, 5.41) is 0.0874. The Morgan fingerprint density at radius 2 is 2.23 bits per heavy atom. The average molecular weight is 223 g/mol. The summed E-state index contributed by atoms with van der Waals surface area (Å²) in [6.07, 6.45) is 2.62. The van der Waals surface area contributed by atoms with E-state index in [0.29, 0.717) is 12.2 Å². The Balaban J connectivity index is 3.32. The molecule has 0 spiro atoms. The predicted octanol–water partition coefficient (Wildman–Crippen LogP) is 1.05. The summed E-state index contributed by atoms with van der Waals surface area (Å²) < 4.78 is 24.1. The minimum atomic E-state index is -3.25. The molecule has 0 saturated heterocycles. The predicted molar refractivity (Wildman–Crippen MR) is 50.6 cm³/mol. The highest BCUT2D eigenvalue weighted by Crippen LogP contribution is 2.15. The SMILES string of the molecule is CCn1cnc(S(C)(=O)=O)c1CCl. The van der Waals surface area contributed by atoms with Crippen molar-refractivity contribution in [3.05, 3.63) is 12.0 Å². The largest absolute Gasteiger partial charge is 0.333 e. The van der Waals surface area contributed by atoms with Gasteiger partial charge in [0.15, 0.2) is 14.9 Å². The van der Waals surface area contributed by atoms with Crippen LogP contribution in [0.3, 0.4) is 0 Å². The van der Waals surface area contributed by atoms with Gasteiger partial charge in [0.25, 0.3) is 0 Å². The van der Waals surface area contributed by atoms with Gasteiger partial charge in [0.2, 0.25) is 0 Å². The smallest absolute Gasteiger partial charge is 0.194 e. The Morgan fingerprint density at radius 1 is 1.62 bits per heavy atom. The van der Waals surface area contributed by atoms with E-state index in [0.717, 1.165) is 6.26 Å². The van der Waals surface area contributed by atoms with E-state index in [2.05, 4.69) is 4.98 Å². The van der Waals surface area contributed by atoms with Gasteiger partial charge in [-0.2, -0.15) is 0 Å². The Labute approximate surface area is 82.5 Å². The molecule has 0 aromatic carbocycles. The maximum Gasteiger partial charge on any atom is 0.194 e. The number of halogens is 1. The van der Waals surface area contributed by atoms with Crippen molar-refractivity contribution in [1.82, 2.24) is 9.55 Å². The number of hydrogen-bond acceptors (Lipinski definition) is 3. The normalized spacial score (nSPS) is 11.9. The van der Waals surface area contributed by atoms with Crippen molar-refractivity contribution in [1.29, 1.82) is 0 Å². The fraction of sp³-hybridized carbons (Fsp3) is 0.571. The summed E-state index contributed by atoms with van der Waals surface area (Å²) in [7, 11) is -3.25. The topological polar surface area (TPSA) is 52.0 Å². The van der Waals surface area contributed by atoms with Gasteiger partial charge >= 0.3 is 0 Å². The first-order chi connectivity index (χ1) is 6.00. The summed E-state index contributed by atoms with van der Waals surface area (Å²) in [6.45, 7) is 2.58. The highest BCUT2D eigenvalue weighted by molar-refractivity contribution is 7.90. The lowest BCUT2D eigenvalue weighted by Crippen LogP contribution is -2.04. The van der Waals surface area contributed by atoms with E-state index < -0.39 is 9.84 Å². The first-order valence-corrected chi connectivity index (χ1v) is 6.23. The Bertz CT molecular complexity index is 397. The van der Waals surface area contributed by atoms with Gasteiger partial charge in [0, 0.05) is 12.8 Å². The summed E-state index contributed by atoms with van der Waals surface area (Å²) >= 11 is 5.64. The fourth-order valence-electron chi connectivity index (χ4n) is 1.11. The van der Waals surface area contributed by atoms with Crippen LogP contribution in [0.2, 0.25) is 0 Å². The van der Waals surface area contributed by atoms with Crippen molar-refractivity contribution < 1.29 is 8.42 Å². The van der Waals surface area contributed by atoms with E-state index in [1.54, 1.807) is 4.57 Å². The molecule has 6 heteroatoms. The molecule has 0 bridgehead atoms. The molecule has 0 saturated carbocycles. The van der Waals surface area contributed by atoms with Crippen LogP contribution in [0.15, 0.2) is 11.4 Å². The molecule has 0 radical (unpaired) electrons. The molecule has 1 aromatic rings. The molecule has 4 nitrogen and oxygen atoms in total.